The lowest BCUT2D eigenvalue weighted by Gasteiger charge is -2.08. The Kier molecular flexibility index (Phi) is 3.84. The first-order chi connectivity index (χ1) is 10.7. The van der Waals surface area contributed by atoms with Crippen molar-refractivity contribution in [1.29, 1.82) is 0 Å². The lowest BCUT2D eigenvalue weighted by molar-refractivity contribution is 0.103. The highest BCUT2D eigenvalue weighted by Crippen LogP contribution is 2.22. The molecule has 0 aliphatic heterocycles. The van der Waals surface area contributed by atoms with Gasteiger partial charge in [0.05, 0.1) is 12.0 Å². The number of nitrogens with one attached hydrogen (secondary N) is 1. The maximum Gasteiger partial charge on any atom is 0.266 e. The molecule has 0 aliphatic rings. The Labute approximate surface area is 130 Å². The van der Waals surface area contributed by atoms with Crippen molar-refractivity contribution >= 4 is 33.7 Å². The summed E-state index contributed by atoms with van der Waals surface area (Å²) < 4.78 is 4.95. The van der Waals surface area contributed by atoms with Crippen LogP contribution in [0.5, 0.6) is 5.88 Å². The number of aromatic nitrogens is 1. The van der Waals surface area contributed by atoms with Gasteiger partial charge in [0.15, 0.2) is 0 Å². The molecule has 2 heterocycles. The number of fused-ring (bicyclic) bond motifs is 1. The zero-order valence-corrected chi connectivity index (χ0v) is 12.5. The number of carbonyl (C=O) groups excluding carboxylic acids is 1. The van der Waals surface area contributed by atoms with Crippen molar-refractivity contribution in [2.45, 2.75) is 0 Å². The smallest absolute Gasteiger partial charge is 0.266 e. The fraction of sp³-hybridized carbons (Fsp3) is 0.0625. The largest absolute Gasteiger partial charge is 0.480 e. The van der Waals surface area contributed by atoms with E-state index in [2.05, 4.69) is 10.3 Å². The average molecular weight is 312 g/mol. The van der Waals surface area contributed by atoms with Crippen molar-refractivity contribution in [3.8, 4) is 5.88 Å². The third kappa shape index (κ3) is 2.68. The Morgan fingerprint density at radius 3 is 2.86 bits per heavy atom. The summed E-state index contributed by atoms with van der Waals surface area (Å²) in [5.41, 5.74) is 0.461. The van der Waals surface area contributed by atoms with Gasteiger partial charge in [-0.1, -0.05) is 29.5 Å². The molecule has 2 aromatic heterocycles. The number of rotatable bonds is 3. The van der Waals surface area contributed by atoms with E-state index in [0.29, 0.717) is 21.8 Å². The molecule has 3 aromatic rings. The Morgan fingerprint density at radius 1 is 1.23 bits per heavy atom. The number of benzene rings is 1. The Bertz CT molecular complexity index is 905. The molecule has 0 spiro atoms. The number of carbonyl (C=O) groups is 1. The van der Waals surface area contributed by atoms with Crippen LogP contribution in [0.3, 0.4) is 0 Å². The average Bonchev–Trinajstić information content (AvgIpc) is 2.55. The van der Waals surface area contributed by atoms with Gasteiger partial charge in [-0.3, -0.25) is 9.59 Å². The predicted molar refractivity (Wildman–Crippen MR) is 86.8 cm³/mol. The normalized spacial score (nSPS) is 10.4. The minimum Gasteiger partial charge on any atom is -0.480 e. The van der Waals surface area contributed by atoms with Gasteiger partial charge in [-0.2, -0.15) is 0 Å². The van der Waals surface area contributed by atoms with Crippen molar-refractivity contribution in [2.75, 3.05) is 12.4 Å². The molecule has 0 saturated carbocycles. The van der Waals surface area contributed by atoms with E-state index in [1.165, 1.54) is 7.11 Å². The molecule has 0 fully saturated rings. The predicted octanol–water partition coefficient (Wildman–Crippen LogP) is 2.92. The lowest BCUT2D eigenvalue weighted by Crippen LogP contribution is -2.13. The van der Waals surface area contributed by atoms with Crippen molar-refractivity contribution in [3.63, 3.8) is 0 Å². The third-order valence-corrected chi connectivity index (χ3v) is 4.03. The zero-order valence-electron chi connectivity index (χ0n) is 11.7. The molecule has 5 nitrogen and oxygen atoms in total. The van der Waals surface area contributed by atoms with Gasteiger partial charge < -0.3 is 10.1 Å². The molecule has 1 aromatic carbocycles. The van der Waals surface area contributed by atoms with E-state index in [4.69, 9.17) is 4.74 Å². The quantitative estimate of drug-likeness (QED) is 0.807. The Hall–Kier alpha value is -2.73. The Balaban J connectivity index is 1.97. The number of ether oxygens (including phenoxy) is 1. The first-order valence-electron chi connectivity index (χ1n) is 6.52. The number of pyridine rings is 1. The third-order valence-electron chi connectivity index (χ3n) is 3.11. The minimum absolute atomic E-state index is 0.138. The van der Waals surface area contributed by atoms with E-state index in [1.54, 1.807) is 36.5 Å². The molecule has 110 valence electrons. The van der Waals surface area contributed by atoms with Gasteiger partial charge in [-0.15, -0.1) is 0 Å². The van der Waals surface area contributed by atoms with E-state index in [-0.39, 0.29) is 10.6 Å². The molecular formula is C16H12N2O3S. The maximum absolute atomic E-state index is 12.4. The van der Waals surface area contributed by atoms with Crippen LogP contribution in [0.1, 0.15) is 9.67 Å². The van der Waals surface area contributed by atoms with E-state index >= 15 is 0 Å². The highest BCUT2D eigenvalue weighted by Gasteiger charge is 2.13. The summed E-state index contributed by atoms with van der Waals surface area (Å²) in [5.74, 6) is -0.0388. The van der Waals surface area contributed by atoms with Crippen LogP contribution in [-0.2, 0) is 0 Å². The molecule has 0 bridgehead atoms. The van der Waals surface area contributed by atoms with E-state index < -0.39 is 0 Å². The van der Waals surface area contributed by atoms with Gasteiger partial charge in [0, 0.05) is 11.6 Å². The lowest BCUT2D eigenvalue weighted by atomic mass is 10.2. The van der Waals surface area contributed by atoms with Gasteiger partial charge in [0.1, 0.15) is 5.69 Å². The maximum atomic E-state index is 12.4. The van der Waals surface area contributed by atoms with Gasteiger partial charge in [-0.25, -0.2) is 4.98 Å². The summed E-state index contributed by atoms with van der Waals surface area (Å²) in [4.78, 5) is 28.8. The number of amides is 1. The van der Waals surface area contributed by atoms with Crippen molar-refractivity contribution < 1.29 is 9.53 Å². The molecule has 0 aliphatic carbocycles. The summed E-state index contributed by atoms with van der Waals surface area (Å²) in [7, 11) is 1.48. The zero-order chi connectivity index (χ0) is 15.5. The minimum atomic E-state index is -0.362. The van der Waals surface area contributed by atoms with Crippen LogP contribution in [-0.4, -0.2) is 18.0 Å². The van der Waals surface area contributed by atoms with Crippen molar-refractivity contribution in [2.24, 2.45) is 0 Å². The van der Waals surface area contributed by atoms with Gasteiger partial charge in [0.2, 0.25) is 10.6 Å². The van der Waals surface area contributed by atoms with Crippen LogP contribution in [0.25, 0.3) is 10.8 Å². The molecule has 6 heteroatoms. The molecule has 0 atom stereocenters. The molecule has 1 N–H and O–H groups in total. The van der Waals surface area contributed by atoms with Gasteiger partial charge >= 0.3 is 0 Å². The molecule has 3 rings (SSSR count). The SMILES string of the molecule is COc1ncccc1NC(=O)c1cc2ccccc2c(=O)s1. The second-order valence-electron chi connectivity index (χ2n) is 4.50. The van der Waals surface area contributed by atoms with E-state index in [0.717, 1.165) is 16.7 Å². The van der Waals surface area contributed by atoms with Crippen LogP contribution in [0.4, 0.5) is 5.69 Å². The molecule has 1 amide bonds. The highest BCUT2D eigenvalue weighted by molar-refractivity contribution is 7.12. The van der Waals surface area contributed by atoms with Crippen LogP contribution >= 0.6 is 11.3 Å². The van der Waals surface area contributed by atoms with Crippen LogP contribution < -0.4 is 14.8 Å². The van der Waals surface area contributed by atoms with Crippen LogP contribution in [0, 0.1) is 0 Å². The van der Waals surface area contributed by atoms with Crippen LogP contribution in [0.15, 0.2) is 53.5 Å². The number of nitrogens with zero attached hydrogens (tertiary/aromatic N) is 1. The number of hydrogen-bond donors (Lipinski definition) is 1. The molecule has 0 unspecified atom stereocenters. The summed E-state index contributed by atoms with van der Waals surface area (Å²) >= 11 is 0.919. The summed E-state index contributed by atoms with van der Waals surface area (Å²) in [6.07, 6.45) is 1.57. The first-order valence-corrected chi connectivity index (χ1v) is 7.34. The van der Waals surface area contributed by atoms with Crippen molar-refractivity contribution in [1.82, 2.24) is 4.98 Å². The molecule has 0 radical (unpaired) electrons. The molecule has 0 saturated heterocycles. The second-order valence-corrected chi connectivity index (χ2v) is 5.51. The summed E-state index contributed by atoms with van der Waals surface area (Å²) in [6, 6.07) is 12.3. The topological polar surface area (TPSA) is 68.3 Å². The van der Waals surface area contributed by atoms with Crippen LogP contribution in [0.2, 0.25) is 0 Å². The fourth-order valence-electron chi connectivity index (χ4n) is 2.08. The standard InChI is InChI=1S/C16H12N2O3S/c1-21-15-12(7-4-8-17-15)18-14(19)13-9-10-5-2-3-6-11(10)16(20)22-13/h2-9H,1H3,(H,18,19). The highest BCUT2D eigenvalue weighted by atomic mass is 32.1. The van der Waals surface area contributed by atoms with Crippen molar-refractivity contribution in [3.05, 3.63) is 63.1 Å². The molecular weight excluding hydrogens is 300 g/mol. The number of anilines is 1. The van der Waals surface area contributed by atoms with E-state index in [1.807, 2.05) is 12.1 Å². The Morgan fingerprint density at radius 2 is 2.05 bits per heavy atom. The monoisotopic (exact) mass is 312 g/mol. The fourth-order valence-corrected chi connectivity index (χ4v) is 2.90. The summed E-state index contributed by atoms with van der Waals surface area (Å²) in [6.45, 7) is 0. The van der Waals surface area contributed by atoms with E-state index in [9.17, 15) is 9.59 Å². The second kappa shape index (κ2) is 5.95. The first kappa shape index (κ1) is 14.2. The van der Waals surface area contributed by atoms with Gasteiger partial charge in [-0.05, 0) is 29.7 Å². The molecule has 22 heavy (non-hydrogen) atoms. The number of methoxy groups -OCH3 is 1. The number of hydrogen-bond acceptors (Lipinski definition) is 5. The van der Waals surface area contributed by atoms with Gasteiger partial charge in [0.25, 0.3) is 5.91 Å². The summed E-state index contributed by atoms with van der Waals surface area (Å²) in [5, 5.41) is 4.07.